The standard InChI is InChI=1S/C20H19ClN4O2S/c1-3-10-28-20-23-19-17(24-25-20)13-6-4-5-7-15(13)22-18(27-19)12-8-9-16(26-2)14(21)11-12/h4-9,11,18,22H,3,10H2,1-2H3/t18-/m1/s1. The molecule has 0 spiro atoms. The summed E-state index contributed by atoms with van der Waals surface area (Å²) < 4.78 is 11.5. The normalized spacial score (nSPS) is 14.9. The van der Waals surface area contributed by atoms with Gasteiger partial charge in [0.15, 0.2) is 11.9 Å². The topological polar surface area (TPSA) is 69.2 Å². The summed E-state index contributed by atoms with van der Waals surface area (Å²) in [7, 11) is 1.59. The van der Waals surface area contributed by atoms with E-state index in [4.69, 9.17) is 21.1 Å². The van der Waals surface area contributed by atoms with E-state index in [1.54, 1.807) is 18.9 Å². The molecule has 2 aromatic carbocycles. The number of anilines is 1. The molecule has 0 radical (unpaired) electrons. The lowest BCUT2D eigenvalue weighted by molar-refractivity contribution is 0.225. The zero-order valence-electron chi connectivity index (χ0n) is 15.5. The average molecular weight is 415 g/mol. The number of hydrogen-bond donors (Lipinski definition) is 1. The molecule has 0 bridgehead atoms. The fourth-order valence-corrected chi connectivity index (χ4v) is 3.80. The summed E-state index contributed by atoms with van der Waals surface area (Å²) in [5.74, 6) is 1.98. The highest BCUT2D eigenvalue weighted by Gasteiger charge is 2.26. The molecule has 0 amide bonds. The maximum atomic E-state index is 6.32. The molecule has 8 heteroatoms. The van der Waals surface area contributed by atoms with Crippen LogP contribution >= 0.6 is 23.4 Å². The molecule has 0 fully saturated rings. The Morgan fingerprint density at radius 1 is 1.21 bits per heavy atom. The Hall–Kier alpha value is -2.51. The summed E-state index contributed by atoms with van der Waals surface area (Å²) in [6.45, 7) is 2.12. The predicted molar refractivity (Wildman–Crippen MR) is 111 cm³/mol. The highest BCUT2D eigenvalue weighted by Crippen LogP contribution is 2.40. The van der Waals surface area contributed by atoms with E-state index >= 15 is 0 Å². The van der Waals surface area contributed by atoms with Crippen molar-refractivity contribution < 1.29 is 9.47 Å². The summed E-state index contributed by atoms with van der Waals surface area (Å²) >= 11 is 7.89. The van der Waals surface area contributed by atoms with E-state index < -0.39 is 6.23 Å². The lowest BCUT2D eigenvalue weighted by atomic mass is 10.1. The Bertz CT molecular complexity index is 1000. The quantitative estimate of drug-likeness (QED) is 0.575. The molecular formula is C20H19ClN4O2S. The van der Waals surface area contributed by atoms with Crippen molar-refractivity contribution >= 4 is 29.1 Å². The number of benzene rings is 2. The van der Waals surface area contributed by atoms with Gasteiger partial charge >= 0.3 is 0 Å². The minimum atomic E-state index is -0.480. The van der Waals surface area contributed by atoms with Crippen molar-refractivity contribution in [2.45, 2.75) is 24.7 Å². The minimum Gasteiger partial charge on any atom is -0.495 e. The number of para-hydroxylation sites is 1. The first-order chi connectivity index (χ1) is 13.7. The number of nitrogens with one attached hydrogen (secondary N) is 1. The fraction of sp³-hybridized carbons (Fsp3) is 0.250. The highest BCUT2D eigenvalue weighted by atomic mass is 35.5. The first kappa shape index (κ1) is 18.8. The maximum Gasteiger partial charge on any atom is 0.247 e. The van der Waals surface area contributed by atoms with Crippen molar-refractivity contribution in [1.29, 1.82) is 0 Å². The van der Waals surface area contributed by atoms with Crippen molar-refractivity contribution in [3.63, 3.8) is 0 Å². The van der Waals surface area contributed by atoms with Crippen LogP contribution in [0.5, 0.6) is 11.6 Å². The first-order valence-electron chi connectivity index (χ1n) is 8.93. The zero-order chi connectivity index (χ0) is 19.5. The van der Waals surface area contributed by atoms with Gasteiger partial charge in [-0.05, 0) is 30.7 Å². The number of hydrogen-bond acceptors (Lipinski definition) is 7. The van der Waals surface area contributed by atoms with Crippen LogP contribution in [0.3, 0.4) is 0 Å². The number of nitrogens with zero attached hydrogens (tertiary/aromatic N) is 3. The Morgan fingerprint density at radius 3 is 2.86 bits per heavy atom. The summed E-state index contributed by atoms with van der Waals surface area (Å²) in [5, 5.41) is 13.2. The number of ether oxygens (including phenoxy) is 2. The third-order valence-electron chi connectivity index (χ3n) is 4.25. The molecule has 0 unspecified atom stereocenters. The van der Waals surface area contributed by atoms with Crippen LogP contribution in [0.15, 0.2) is 47.6 Å². The van der Waals surface area contributed by atoms with Crippen LogP contribution in [-0.2, 0) is 0 Å². The van der Waals surface area contributed by atoms with Gasteiger partial charge in [0.25, 0.3) is 0 Å². The zero-order valence-corrected chi connectivity index (χ0v) is 17.0. The van der Waals surface area contributed by atoms with Gasteiger partial charge < -0.3 is 14.8 Å². The molecule has 0 saturated carbocycles. The van der Waals surface area contributed by atoms with Gasteiger partial charge in [0, 0.05) is 22.6 Å². The van der Waals surface area contributed by atoms with Gasteiger partial charge in [0.2, 0.25) is 11.0 Å². The molecule has 6 nitrogen and oxygen atoms in total. The van der Waals surface area contributed by atoms with Crippen LogP contribution in [0.4, 0.5) is 5.69 Å². The molecule has 1 N–H and O–H groups in total. The van der Waals surface area contributed by atoms with Crippen LogP contribution in [0.25, 0.3) is 11.3 Å². The van der Waals surface area contributed by atoms with E-state index in [-0.39, 0.29) is 0 Å². The van der Waals surface area contributed by atoms with Crippen molar-refractivity contribution in [3.05, 3.63) is 53.1 Å². The highest BCUT2D eigenvalue weighted by molar-refractivity contribution is 7.99. The molecular weight excluding hydrogens is 396 g/mol. The van der Waals surface area contributed by atoms with Crippen molar-refractivity contribution in [2.75, 3.05) is 18.2 Å². The number of fused-ring (bicyclic) bond motifs is 3. The lowest BCUT2D eigenvalue weighted by Gasteiger charge is -2.20. The molecule has 0 aliphatic carbocycles. The number of halogens is 1. The SMILES string of the molecule is CCCSc1nnc2c(n1)O[C@H](c1ccc(OC)c(Cl)c1)Nc1ccccc1-2. The van der Waals surface area contributed by atoms with Gasteiger partial charge in [0.1, 0.15) is 5.75 Å². The van der Waals surface area contributed by atoms with Crippen molar-refractivity contribution in [2.24, 2.45) is 0 Å². The van der Waals surface area contributed by atoms with Gasteiger partial charge in [-0.25, -0.2) is 0 Å². The Kier molecular flexibility index (Phi) is 5.54. The summed E-state index contributed by atoms with van der Waals surface area (Å²) in [6.07, 6.45) is 0.551. The third kappa shape index (κ3) is 3.72. The van der Waals surface area contributed by atoms with E-state index in [0.29, 0.717) is 27.5 Å². The maximum absolute atomic E-state index is 6.32. The molecule has 0 saturated heterocycles. The van der Waals surface area contributed by atoms with Crippen LogP contribution in [0.2, 0.25) is 5.02 Å². The first-order valence-corrected chi connectivity index (χ1v) is 10.3. The van der Waals surface area contributed by atoms with Crippen molar-refractivity contribution in [1.82, 2.24) is 15.2 Å². The average Bonchev–Trinajstić information content (AvgIpc) is 2.88. The van der Waals surface area contributed by atoms with Gasteiger partial charge in [-0.3, -0.25) is 0 Å². The number of methoxy groups -OCH3 is 1. The molecule has 1 atom stereocenters. The van der Waals surface area contributed by atoms with Crippen LogP contribution in [0, 0.1) is 0 Å². The largest absolute Gasteiger partial charge is 0.495 e. The third-order valence-corrected chi connectivity index (χ3v) is 5.59. The number of rotatable bonds is 5. The molecule has 1 aliphatic rings. The monoisotopic (exact) mass is 414 g/mol. The smallest absolute Gasteiger partial charge is 0.247 e. The van der Waals surface area contributed by atoms with Gasteiger partial charge in [-0.1, -0.05) is 48.5 Å². The molecule has 28 heavy (non-hydrogen) atoms. The molecule has 4 rings (SSSR count). The summed E-state index contributed by atoms with van der Waals surface area (Å²) in [5.41, 5.74) is 3.26. The van der Waals surface area contributed by atoms with E-state index in [9.17, 15) is 0 Å². The van der Waals surface area contributed by atoms with Gasteiger partial charge in [-0.2, -0.15) is 4.98 Å². The van der Waals surface area contributed by atoms with Gasteiger partial charge in [0.05, 0.1) is 12.1 Å². The minimum absolute atomic E-state index is 0.447. The molecule has 144 valence electrons. The van der Waals surface area contributed by atoms with E-state index in [1.807, 2.05) is 42.5 Å². The molecule has 3 aromatic rings. The Morgan fingerprint density at radius 2 is 2.07 bits per heavy atom. The summed E-state index contributed by atoms with van der Waals surface area (Å²) in [4.78, 5) is 4.61. The van der Waals surface area contributed by atoms with E-state index in [2.05, 4.69) is 27.4 Å². The van der Waals surface area contributed by atoms with Crippen LogP contribution < -0.4 is 14.8 Å². The van der Waals surface area contributed by atoms with E-state index in [1.165, 1.54) is 0 Å². The van der Waals surface area contributed by atoms with E-state index in [0.717, 1.165) is 29.0 Å². The molecule has 2 heterocycles. The molecule has 1 aliphatic heterocycles. The second kappa shape index (κ2) is 8.24. The fourth-order valence-electron chi connectivity index (χ4n) is 2.90. The van der Waals surface area contributed by atoms with Gasteiger partial charge in [-0.15, -0.1) is 10.2 Å². The number of aromatic nitrogens is 3. The lowest BCUT2D eigenvalue weighted by Crippen LogP contribution is -2.17. The van der Waals surface area contributed by atoms with Crippen molar-refractivity contribution in [3.8, 4) is 22.9 Å². The second-order valence-electron chi connectivity index (χ2n) is 6.18. The van der Waals surface area contributed by atoms with Crippen LogP contribution in [0.1, 0.15) is 25.1 Å². The number of thioether (sulfide) groups is 1. The summed E-state index contributed by atoms with van der Waals surface area (Å²) in [6, 6.07) is 13.4. The Balaban J connectivity index is 1.77. The van der Waals surface area contributed by atoms with Crippen LogP contribution in [-0.4, -0.2) is 28.0 Å². The Labute approximate surface area is 172 Å². The molecule has 1 aromatic heterocycles. The second-order valence-corrected chi connectivity index (χ2v) is 7.65. The predicted octanol–water partition coefficient (Wildman–Crippen LogP) is 5.21.